The van der Waals surface area contributed by atoms with Crippen molar-refractivity contribution in [2.75, 3.05) is 23.8 Å². The van der Waals surface area contributed by atoms with Gasteiger partial charge in [0.05, 0.1) is 0 Å². The van der Waals surface area contributed by atoms with E-state index in [-0.39, 0.29) is 0 Å². The zero-order valence-corrected chi connectivity index (χ0v) is 15.2. The standard InChI is InChI=1S/C17H23BrN4/c1-5-6-9-22(4)17-19-13(3)11-16(21-17)20-14-7-8-15(18)12(2)10-14/h7-8,10-11H,5-6,9H2,1-4H3,(H,19,20,21). The monoisotopic (exact) mass is 362 g/mol. The van der Waals surface area contributed by atoms with E-state index in [2.05, 4.69) is 56.0 Å². The number of aryl methyl sites for hydroxylation is 2. The van der Waals surface area contributed by atoms with Gasteiger partial charge in [0.1, 0.15) is 5.82 Å². The van der Waals surface area contributed by atoms with Crippen molar-refractivity contribution in [3.8, 4) is 0 Å². The summed E-state index contributed by atoms with van der Waals surface area (Å²) in [6, 6.07) is 8.14. The molecular formula is C17H23BrN4. The molecule has 0 amide bonds. The molecule has 0 aliphatic heterocycles. The lowest BCUT2D eigenvalue weighted by Crippen LogP contribution is -2.21. The molecule has 1 N–H and O–H groups in total. The maximum absolute atomic E-state index is 4.63. The zero-order valence-electron chi connectivity index (χ0n) is 13.7. The molecule has 1 aromatic carbocycles. The van der Waals surface area contributed by atoms with Crippen molar-refractivity contribution in [1.82, 2.24) is 9.97 Å². The van der Waals surface area contributed by atoms with Crippen LogP contribution in [0.1, 0.15) is 31.0 Å². The predicted octanol–water partition coefficient (Wildman–Crippen LogP) is 4.84. The third-order valence-corrected chi connectivity index (χ3v) is 4.35. The second-order valence-corrected chi connectivity index (χ2v) is 6.41. The van der Waals surface area contributed by atoms with Gasteiger partial charge in [0.15, 0.2) is 0 Å². The molecule has 2 rings (SSSR count). The van der Waals surface area contributed by atoms with Gasteiger partial charge in [-0.3, -0.25) is 0 Å². The highest BCUT2D eigenvalue weighted by Gasteiger charge is 2.07. The van der Waals surface area contributed by atoms with Gasteiger partial charge >= 0.3 is 0 Å². The number of nitrogens with zero attached hydrogens (tertiary/aromatic N) is 3. The summed E-state index contributed by atoms with van der Waals surface area (Å²) in [5.74, 6) is 1.59. The van der Waals surface area contributed by atoms with Gasteiger partial charge in [0.25, 0.3) is 0 Å². The molecule has 0 bridgehead atoms. The van der Waals surface area contributed by atoms with E-state index in [0.29, 0.717) is 0 Å². The summed E-state index contributed by atoms with van der Waals surface area (Å²) in [5.41, 5.74) is 3.18. The molecule has 1 heterocycles. The van der Waals surface area contributed by atoms with Gasteiger partial charge in [-0.05, 0) is 44.0 Å². The van der Waals surface area contributed by atoms with Crippen LogP contribution < -0.4 is 10.2 Å². The number of hydrogen-bond acceptors (Lipinski definition) is 4. The highest BCUT2D eigenvalue weighted by molar-refractivity contribution is 9.10. The molecule has 0 saturated carbocycles. The van der Waals surface area contributed by atoms with E-state index >= 15 is 0 Å². The Morgan fingerprint density at radius 3 is 2.64 bits per heavy atom. The van der Waals surface area contributed by atoms with Crippen LogP contribution in [-0.2, 0) is 0 Å². The van der Waals surface area contributed by atoms with E-state index in [9.17, 15) is 0 Å². The molecule has 0 radical (unpaired) electrons. The Morgan fingerprint density at radius 1 is 1.18 bits per heavy atom. The highest BCUT2D eigenvalue weighted by Crippen LogP contribution is 2.23. The lowest BCUT2D eigenvalue weighted by molar-refractivity contribution is 0.749. The first-order valence-electron chi connectivity index (χ1n) is 7.59. The SMILES string of the molecule is CCCCN(C)c1nc(C)cc(Nc2ccc(Br)c(C)c2)n1. The molecule has 0 saturated heterocycles. The molecule has 1 aromatic heterocycles. The minimum Gasteiger partial charge on any atom is -0.344 e. The zero-order chi connectivity index (χ0) is 16.1. The fourth-order valence-electron chi connectivity index (χ4n) is 2.15. The molecule has 4 nitrogen and oxygen atoms in total. The molecule has 2 aromatic rings. The lowest BCUT2D eigenvalue weighted by Gasteiger charge is -2.18. The van der Waals surface area contributed by atoms with Crippen LogP contribution in [-0.4, -0.2) is 23.6 Å². The highest BCUT2D eigenvalue weighted by atomic mass is 79.9. The molecular weight excluding hydrogens is 340 g/mol. The van der Waals surface area contributed by atoms with Gasteiger partial charge in [0.2, 0.25) is 5.95 Å². The van der Waals surface area contributed by atoms with Crippen molar-refractivity contribution in [2.24, 2.45) is 0 Å². The average molecular weight is 363 g/mol. The molecule has 5 heteroatoms. The Morgan fingerprint density at radius 2 is 1.95 bits per heavy atom. The fourth-order valence-corrected chi connectivity index (χ4v) is 2.40. The maximum atomic E-state index is 4.63. The van der Waals surface area contributed by atoms with Gasteiger partial charge < -0.3 is 10.2 Å². The van der Waals surface area contributed by atoms with E-state index in [1.165, 1.54) is 12.0 Å². The molecule has 0 aliphatic rings. The Hall–Kier alpha value is -1.62. The van der Waals surface area contributed by atoms with E-state index in [1.54, 1.807) is 0 Å². The minimum atomic E-state index is 0.768. The minimum absolute atomic E-state index is 0.768. The van der Waals surface area contributed by atoms with Gasteiger partial charge in [-0.15, -0.1) is 0 Å². The topological polar surface area (TPSA) is 41.1 Å². The number of hydrogen-bond donors (Lipinski definition) is 1. The average Bonchev–Trinajstić information content (AvgIpc) is 2.48. The Balaban J connectivity index is 2.20. The second kappa shape index (κ2) is 7.58. The summed E-state index contributed by atoms with van der Waals surface area (Å²) in [4.78, 5) is 11.3. The van der Waals surface area contributed by atoms with Crippen LogP contribution in [0.3, 0.4) is 0 Å². The van der Waals surface area contributed by atoms with E-state index in [4.69, 9.17) is 0 Å². The molecule has 118 valence electrons. The molecule has 0 fully saturated rings. The van der Waals surface area contributed by atoms with Gasteiger partial charge in [0, 0.05) is 35.5 Å². The normalized spacial score (nSPS) is 10.6. The molecule has 22 heavy (non-hydrogen) atoms. The maximum Gasteiger partial charge on any atom is 0.227 e. The summed E-state index contributed by atoms with van der Waals surface area (Å²) in [6.07, 6.45) is 2.31. The number of rotatable bonds is 6. The van der Waals surface area contributed by atoms with Crippen molar-refractivity contribution in [3.63, 3.8) is 0 Å². The quantitative estimate of drug-likeness (QED) is 0.798. The van der Waals surface area contributed by atoms with Crippen molar-refractivity contribution in [2.45, 2.75) is 33.6 Å². The van der Waals surface area contributed by atoms with Crippen LogP contribution in [0.2, 0.25) is 0 Å². The summed E-state index contributed by atoms with van der Waals surface area (Å²) in [6.45, 7) is 7.23. The first-order chi connectivity index (χ1) is 10.5. The second-order valence-electron chi connectivity index (χ2n) is 5.56. The summed E-state index contributed by atoms with van der Waals surface area (Å²) >= 11 is 3.52. The van der Waals surface area contributed by atoms with Crippen molar-refractivity contribution in [3.05, 3.63) is 40.0 Å². The molecule has 0 aliphatic carbocycles. The van der Waals surface area contributed by atoms with E-state index in [0.717, 1.165) is 40.6 Å². The number of benzene rings is 1. The number of anilines is 3. The van der Waals surface area contributed by atoms with E-state index in [1.807, 2.05) is 32.2 Å². The number of nitrogens with one attached hydrogen (secondary N) is 1. The number of aromatic nitrogens is 2. The van der Waals surface area contributed by atoms with Crippen LogP contribution in [0, 0.1) is 13.8 Å². The first-order valence-corrected chi connectivity index (χ1v) is 8.39. The smallest absolute Gasteiger partial charge is 0.227 e. The molecule has 0 spiro atoms. The third-order valence-electron chi connectivity index (χ3n) is 3.46. The van der Waals surface area contributed by atoms with Crippen molar-refractivity contribution in [1.29, 1.82) is 0 Å². The van der Waals surface area contributed by atoms with Crippen molar-refractivity contribution >= 4 is 33.4 Å². The van der Waals surface area contributed by atoms with Gasteiger partial charge in [-0.1, -0.05) is 29.3 Å². The fraction of sp³-hybridized carbons (Fsp3) is 0.412. The Kier molecular flexibility index (Phi) is 5.77. The largest absolute Gasteiger partial charge is 0.344 e. The van der Waals surface area contributed by atoms with Crippen molar-refractivity contribution < 1.29 is 0 Å². The van der Waals surface area contributed by atoms with E-state index < -0.39 is 0 Å². The van der Waals surface area contributed by atoms with Crippen LogP contribution >= 0.6 is 15.9 Å². The van der Waals surface area contributed by atoms with Crippen LogP contribution in [0.25, 0.3) is 0 Å². The summed E-state index contributed by atoms with van der Waals surface area (Å²) in [5, 5.41) is 3.37. The third kappa shape index (κ3) is 4.44. The Bertz CT molecular complexity index is 643. The lowest BCUT2D eigenvalue weighted by atomic mass is 10.2. The summed E-state index contributed by atoms with van der Waals surface area (Å²) < 4.78 is 1.11. The first kappa shape index (κ1) is 16.7. The summed E-state index contributed by atoms with van der Waals surface area (Å²) in [7, 11) is 2.04. The van der Waals surface area contributed by atoms with Gasteiger partial charge in [-0.2, -0.15) is 4.98 Å². The number of halogens is 1. The Labute approximate surface area is 141 Å². The van der Waals surface area contributed by atoms with Crippen LogP contribution in [0.4, 0.5) is 17.5 Å². The number of unbranched alkanes of at least 4 members (excludes halogenated alkanes) is 1. The van der Waals surface area contributed by atoms with Gasteiger partial charge in [-0.25, -0.2) is 4.98 Å². The molecule has 0 atom stereocenters. The van der Waals surface area contributed by atoms with Crippen LogP contribution in [0.15, 0.2) is 28.7 Å². The molecule has 0 unspecified atom stereocenters. The predicted molar refractivity (Wildman–Crippen MR) is 97.1 cm³/mol. The van der Waals surface area contributed by atoms with Crippen LogP contribution in [0.5, 0.6) is 0 Å².